The Bertz CT molecular complexity index is 2110. The summed E-state index contributed by atoms with van der Waals surface area (Å²) in [6.07, 6.45) is 1.44. The summed E-state index contributed by atoms with van der Waals surface area (Å²) in [4.78, 5) is 64.2. The van der Waals surface area contributed by atoms with E-state index in [0.29, 0.717) is 22.0 Å². The molecule has 2 amide bonds. The molecule has 0 fully saturated rings. The number of aromatic nitrogens is 1. The van der Waals surface area contributed by atoms with E-state index in [9.17, 15) is 14.4 Å². The smallest absolute Gasteiger partial charge is 0.350 e. The zero-order chi connectivity index (χ0) is 30.7. The number of hydrogen-bond acceptors (Lipinski definition) is 8. The molecule has 1 atom stereocenters. The van der Waals surface area contributed by atoms with Gasteiger partial charge in [-0.1, -0.05) is 84.1 Å². The van der Waals surface area contributed by atoms with Crippen molar-refractivity contribution >= 4 is 62.5 Å². The largest absolute Gasteiger partial charge is 0.457 e. The molecular weight excluding hydrogens is 602 g/mol. The van der Waals surface area contributed by atoms with Crippen LogP contribution in [-0.4, -0.2) is 29.4 Å². The molecule has 1 spiro atoms. The normalized spacial score (nSPS) is 17.0. The van der Waals surface area contributed by atoms with E-state index in [1.165, 1.54) is 23.1 Å². The molecule has 2 aromatic heterocycles. The fourth-order valence-electron chi connectivity index (χ4n) is 5.93. The Morgan fingerprint density at radius 3 is 2.61 bits per heavy atom. The second-order valence-electron chi connectivity index (χ2n) is 10.3. The maximum absolute atomic E-state index is 15.0. The average Bonchev–Trinajstić information content (AvgIpc) is 3.61. The number of ether oxygens (including phenoxy) is 1. The van der Waals surface area contributed by atoms with Gasteiger partial charge in [0.25, 0.3) is 11.8 Å². The van der Waals surface area contributed by atoms with Gasteiger partial charge >= 0.3 is 5.97 Å². The lowest BCUT2D eigenvalue weighted by atomic mass is 9.84. The summed E-state index contributed by atoms with van der Waals surface area (Å²) < 4.78 is 11.3. The lowest BCUT2D eigenvalue weighted by molar-refractivity contribution is -0.121. The first-order chi connectivity index (χ1) is 21.3. The maximum Gasteiger partial charge on any atom is 0.350 e. The third-order valence-electron chi connectivity index (χ3n) is 7.76. The minimum absolute atomic E-state index is 0.0165. The average molecular weight is 624 g/mol. The van der Waals surface area contributed by atoms with Crippen molar-refractivity contribution < 1.29 is 23.5 Å². The quantitative estimate of drug-likeness (QED) is 0.168. The highest BCUT2D eigenvalue weighted by Gasteiger charge is 2.66. The van der Waals surface area contributed by atoms with E-state index < -0.39 is 28.8 Å². The lowest BCUT2D eigenvalue weighted by Crippen LogP contribution is -2.53. The number of halogens is 1. The molecule has 3 aromatic carbocycles. The van der Waals surface area contributed by atoms with Crippen LogP contribution in [0.4, 0.5) is 10.8 Å². The molecule has 9 nitrogen and oxygen atoms in total. The SMILES string of the molecule is C=CCOC(=O)c1sc(N2C(=O)c3oc4ccc(Cl)cc4c(=O)c3C23C(=O)N(Cc2ccccc2)c2ccccc23)nc1C. The van der Waals surface area contributed by atoms with Gasteiger partial charge in [-0.3, -0.25) is 19.3 Å². The first-order valence-electron chi connectivity index (χ1n) is 13.6. The fraction of sp³-hybridized carbons (Fsp3) is 0.121. The molecule has 11 heteroatoms. The Balaban J connectivity index is 1.52. The summed E-state index contributed by atoms with van der Waals surface area (Å²) in [5, 5.41) is 0.457. The summed E-state index contributed by atoms with van der Waals surface area (Å²) in [6, 6.07) is 20.9. The summed E-state index contributed by atoms with van der Waals surface area (Å²) in [6.45, 7) is 5.34. The number of nitrogens with zero attached hydrogens (tertiary/aromatic N) is 3. The van der Waals surface area contributed by atoms with Crippen molar-refractivity contribution in [3.63, 3.8) is 0 Å². The molecule has 2 aliphatic heterocycles. The van der Waals surface area contributed by atoms with Crippen molar-refractivity contribution in [3.05, 3.63) is 134 Å². The van der Waals surface area contributed by atoms with E-state index in [4.69, 9.17) is 20.8 Å². The van der Waals surface area contributed by atoms with Crippen molar-refractivity contribution in [1.82, 2.24) is 4.98 Å². The highest BCUT2D eigenvalue weighted by Crippen LogP contribution is 2.55. The first-order valence-corrected chi connectivity index (χ1v) is 14.8. The molecular formula is C33H22ClN3O6S. The summed E-state index contributed by atoms with van der Waals surface area (Å²) >= 11 is 7.16. The zero-order valence-electron chi connectivity index (χ0n) is 23.2. The standard InChI is InChI=1S/C33H22ClN3O6S/c1-3-15-42-30(40)28-18(2)35-32(44-28)37-29(39)27-25(26(38)21-16-20(34)13-14-24(21)43-27)33(37)22-11-7-8-12-23(22)36(31(33)41)17-19-9-5-4-6-10-19/h3-14,16H,1,15,17H2,2H3. The van der Waals surface area contributed by atoms with Crippen molar-refractivity contribution in [2.75, 3.05) is 16.4 Å². The van der Waals surface area contributed by atoms with E-state index in [1.54, 1.807) is 42.2 Å². The Labute approximate surface area is 259 Å². The van der Waals surface area contributed by atoms with E-state index in [2.05, 4.69) is 11.6 Å². The number of rotatable bonds is 6. The van der Waals surface area contributed by atoms with Crippen LogP contribution in [0.2, 0.25) is 5.02 Å². The van der Waals surface area contributed by atoms with E-state index >= 15 is 4.79 Å². The molecule has 218 valence electrons. The monoisotopic (exact) mass is 623 g/mol. The van der Waals surface area contributed by atoms with Gasteiger partial charge in [0.15, 0.2) is 16.1 Å². The van der Waals surface area contributed by atoms with Crippen LogP contribution in [0.1, 0.15) is 42.6 Å². The van der Waals surface area contributed by atoms with Crippen LogP contribution in [0.5, 0.6) is 0 Å². The summed E-state index contributed by atoms with van der Waals surface area (Å²) in [7, 11) is 0. The molecule has 5 aromatic rings. The van der Waals surface area contributed by atoms with Crippen LogP contribution < -0.4 is 15.2 Å². The van der Waals surface area contributed by atoms with Gasteiger partial charge in [-0.05, 0) is 36.8 Å². The zero-order valence-corrected chi connectivity index (χ0v) is 24.8. The fourth-order valence-corrected chi connectivity index (χ4v) is 7.11. The van der Waals surface area contributed by atoms with Gasteiger partial charge in [-0.15, -0.1) is 0 Å². The van der Waals surface area contributed by atoms with Crippen molar-refractivity contribution in [3.8, 4) is 0 Å². The van der Waals surface area contributed by atoms with Crippen LogP contribution in [0.25, 0.3) is 11.0 Å². The Morgan fingerprint density at radius 2 is 1.84 bits per heavy atom. The van der Waals surface area contributed by atoms with Gasteiger partial charge in [0.2, 0.25) is 5.76 Å². The predicted octanol–water partition coefficient (Wildman–Crippen LogP) is 6.00. The molecule has 0 aliphatic carbocycles. The highest BCUT2D eigenvalue weighted by atomic mass is 35.5. The number of para-hydroxylation sites is 1. The lowest BCUT2D eigenvalue weighted by Gasteiger charge is -2.32. The summed E-state index contributed by atoms with van der Waals surface area (Å²) in [5.74, 6) is -2.20. The van der Waals surface area contributed by atoms with Crippen molar-refractivity contribution in [2.24, 2.45) is 0 Å². The number of thiazole rings is 1. The van der Waals surface area contributed by atoms with Crippen LogP contribution in [-0.2, 0) is 21.6 Å². The summed E-state index contributed by atoms with van der Waals surface area (Å²) in [5.41, 5.74) is -0.444. The number of amides is 2. The Hall–Kier alpha value is -5.06. The topological polar surface area (TPSA) is 110 Å². The van der Waals surface area contributed by atoms with Gasteiger partial charge in [0, 0.05) is 10.6 Å². The Morgan fingerprint density at radius 1 is 1.09 bits per heavy atom. The third-order valence-corrected chi connectivity index (χ3v) is 9.12. The third kappa shape index (κ3) is 3.88. The number of anilines is 2. The minimum atomic E-state index is -1.97. The van der Waals surface area contributed by atoms with Crippen LogP contribution in [0.15, 0.2) is 94.7 Å². The van der Waals surface area contributed by atoms with Gasteiger partial charge in [0.1, 0.15) is 17.1 Å². The molecule has 0 radical (unpaired) electrons. The van der Waals surface area contributed by atoms with E-state index in [-0.39, 0.29) is 45.5 Å². The number of benzene rings is 3. The molecule has 0 N–H and O–H groups in total. The van der Waals surface area contributed by atoms with Gasteiger partial charge in [0.05, 0.1) is 28.9 Å². The van der Waals surface area contributed by atoms with Crippen LogP contribution >= 0.6 is 22.9 Å². The predicted molar refractivity (Wildman–Crippen MR) is 166 cm³/mol. The Kier molecular flexibility index (Phi) is 6.49. The second-order valence-corrected chi connectivity index (χ2v) is 11.7. The van der Waals surface area contributed by atoms with Gasteiger partial charge < -0.3 is 14.1 Å². The molecule has 0 bridgehead atoms. The van der Waals surface area contributed by atoms with Crippen molar-refractivity contribution in [1.29, 1.82) is 0 Å². The van der Waals surface area contributed by atoms with Gasteiger partial charge in [-0.2, -0.15) is 0 Å². The molecule has 1 unspecified atom stereocenters. The first kappa shape index (κ1) is 27.8. The van der Waals surface area contributed by atoms with Crippen molar-refractivity contribution in [2.45, 2.75) is 19.0 Å². The molecule has 44 heavy (non-hydrogen) atoms. The number of fused-ring (bicyclic) bond motifs is 5. The van der Waals surface area contributed by atoms with E-state index in [1.807, 2.05) is 30.3 Å². The van der Waals surface area contributed by atoms with Crippen LogP contribution in [0.3, 0.4) is 0 Å². The number of esters is 1. The number of aryl methyl sites for hydroxylation is 1. The number of carbonyl (C=O) groups is 3. The number of hydrogen-bond donors (Lipinski definition) is 0. The second kappa shape index (κ2) is 10.3. The number of carbonyl (C=O) groups excluding carboxylic acids is 3. The highest BCUT2D eigenvalue weighted by molar-refractivity contribution is 7.17. The molecule has 0 saturated heterocycles. The minimum Gasteiger partial charge on any atom is -0.457 e. The van der Waals surface area contributed by atoms with Crippen LogP contribution in [0, 0.1) is 6.92 Å². The maximum atomic E-state index is 15.0. The molecule has 7 rings (SSSR count). The molecule has 2 aliphatic rings. The molecule has 4 heterocycles. The van der Waals surface area contributed by atoms with Gasteiger partial charge in [-0.25, -0.2) is 9.78 Å². The molecule has 0 saturated carbocycles. The van der Waals surface area contributed by atoms with E-state index in [0.717, 1.165) is 16.9 Å².